The molecule has 0 amide bonds. The molecule has 1 nitrogen and oxygen atoms in total. The second-order valence-corrected chi connectivity index (χ2v) is 6.45. The van der Waals surface area contributed by atoms with E-state index < -0.39 is 11.7 Å². The first kappa shape index (κ1) is 14.9. The van der Waals surface area contributed by atoms with Crippen molar-refractivity contribution >= 4 is 48.9 Å². The van der Waals surface area contributed by atoms with Gasteiger partial charge in [-0.3, -0.25) is 0 Å². The van der Waals surface area contributed by atoms with Crippen LogP contribution in [-0.4, -0.2) is 0 Å². The first-order valence-corrected chi connectivity index (χ1v) is 7.67. The Morgan fingerprint density at radius 3 is 2.37 bits per heavy atom. The molecule has 0 saturated carbocycles. The maximum Gasteiger partial charge on any atom is 0.416 e. The van der Waals surface area contributed by atoms with Gasteiger partial charge in [0.05, 0.1) is 12.1 Å². The molecule has 0 spiro atoms. The van der Waals surface area contributed by atoms with Crippen LogP contribution in [0.1, 0.15) is 10.4 Å². The number of thiophene rings is 1. The molecule has 0 radical (unpaired) electrons. The molecule has 0 atom stereocenters. The summed E-state index contributed by atoms with van der Waals surface area (Å²) in [6.07, 6.45) is -4.32. The van der Waals surface area contributed by atoms with E-state index in [1.165, 1.54) is 6.07 Å². The van der Waals surface area contributed by atoms with Gasteiger partial charge in [-0.05, 0) is 61.5 Å². The summed E-state index contributed by atoms with van der Waals surface area (Å²) >= 11 is 8.13. The van der Waals surface area contributed by atoms with Gasteiger partial charge in [0, 0.05) is 19.5 Å². The molecule has 0 aliphatic heterocycles. The molecule has 0 aliphatic carbocycles. The highest BCUT2D eigenvalue weighted by molar-refractivity contribution is 9.11. The van der Waals surface area contributed by atoms with Crippen LogP contribution < -0.4 is 5.32 Å². The number of hydrogen-bond acceptors (Lipinski definition) is 2. The quantitative estimate of drug-likeness (QED) is 0.658. The Balaban J connectivity index is 2.12. The van der Waals surface area contributed by atoms with Crippen LogP contribution in [0.4, 0.5) is 18.9 Å². The molecule has 1 N–H and O–H groups in total. The van der Waals surface area contributed by atoms with E-state index in [2.05, 4.69) is 37.2 Å². The minimum atomic E-state index is -4.32. The highest BCUT2D eigenvalue weighted by Gasteiger charge is 2.30. The third-order valence-electron chi connectivity index (χ3n) is 2.43. The zero-order chi connectivity index (χ0) is 14.0. The van der Waals surface area contributed by atoms with Crippen LogP contribution in [0.15, 0.2) is 38.6 Å². The Kier molecular flexibility index (Phi) is 4.58. The summed E-state index contributed by atoms with van der Waals surface area (Å²) in [5.74, 6) is 0. The van der Waals surface area contributed by atoms with E-state index in [4.69, 9.17) is 0 Å². The van der Waals surface area contributed by atoms with E-state index >= 15 is 0 Å². The lowest BCUT2D eigenvalue weighted by molar-refractivity contribution is -0.137. The van der Waals surface area contributed by atoms with E-state index in [9.17, 15) is 13.2 Å². The number of alkyl halides is 3. The van der Waals surface area contributed by atoms with Crippen LogP contribution in [0.2, 0.25) is 0 Å². The molecule has 0 unspecified atom stereocenters. The predicted octanol–water partition coefficient (Wildman–Crippen LogP) is 5.90. The van der Waals surface area contributed by atoms with E-state index in [1.54, 1.807) is 11.3 Å². The number of benzene rings is 1. The van der Waals surface area contributed by atoms with Crippen LogP contribution in [0, 0.1) is 0 Å². The zero-order valence-electron chi connectivity index (χ0n) is 9.39. The van der Waals surface area contributed by atoms with Crippen molar-refractivity contribution in [1.82, 2.24) is 0 Å². The zero-order valence-corrected chi connectivity index (χ0v) is 13.4. The molecule has 1 aromatic heterocycles. The fraction of sp³-hybridized carbons (Fsp3) is 0.167. The molecule has 0 fully saturated rings. The summed E-state index contributed by atoms with van der Waals surface area (Å²) in [7, 11) is 0. The van der Waals surface area contributed by atoms with Gasteiger partial charge in [-0.1, -0.05) is 0 Å². The van der Waals surface area contributed by atoms with Crippen molar-refractivity contribution in [3.63, 3.8) is 0 Å². The Bertz CT molecular complexity index is 581. The van der Waals surface area contributed by atoms with Gasteiger partial charge in [0.2, 0.25) is 0 Å². The van der Waals surface area contributed by atoms with Crippen LogP contribution in [0.3, 0.4) is 0 Å². The molecule has 1 aromatic carbocycles. The molecule has 2 rings (SSSR count). The SMILES string of the molecule is FC(F)(F)c1ccc(NCc2sccc2Br)c(Br)c1. The third kappa shape index (κ3) is 3.73. The van der Waals surface area contributed by atoms with E-state index in [-0.39, 0.29) is 0 Å². The fourth-order valence-corrected chi connectivity index (χ4v) is 3.41. The van der Waals surface area contributed by atoms with Gasteiger partial charge >= 0.3 is 6.18 Å². The van der Waals surface area contributed by atoms with Crippen molar-refractivity contribution in [2.45, 2.75) is 12.7 Å². The minimum Gasteiger partial charge on any atom is -0.379 e. The van der Waals surface area contributed by atoms with Crippen molar-refractivity contribution in [1.29, 1.82) is 0 Å². The lowest BCUT2D eigenvalue weighted by Gasteiger charge is -2.11. The van der Waals surface area contributed by atoms with Crippen molar-refractivity contribution in [2.75, 3.05) is 5.32 Å². The molecule has 19 heavy (non-hydrogen) atoms. The summed E-state index contributed by atoms with van der Waals surface area (Å²) in [4.78, 5) is 1.09. The summed E-state index contributed by atoms with van der Waals surface area (Å²) in [6, 6.07) is 5.50. The highest BCUT2D eigenvalue weighted by Crippen LogP contribution is 2.34. The molecule has 102 valence electrons. The Labute approximate surface area is 129 Å². The molecule has 7 heteroatoms. The van der Waals surface area contributed by atoms with Gasteiger partial charge in [-0.2, -0.15) is 13.2 Å². The largest absolute Gasteiger partial charge is 0.416 e. The molecule has 1 heterocycles. The second-order valence-electron chi connectivity index (χ2n) is 3.74. The van der Waals surface area contributed by atoms with Crippen molar-refractivity contribution in [3.8, 4) is 0 Å². The first-order valence-electron chi connectivity index (χ1n) is 5.20. The van der Waals surface area contributed by atoms with Gasteiger partial charge in [-0.25, -0.2) is 0 Å². The van der Waals surface area contributed by atoms with E-state index in [1.807, 2.05) is 11.4 Å². The van der Waals surface area contributed by atoms with Gasteiger partial charge in [0.25, 0.3) is 0 Å². The second kappa shape index (κ2) is 5.85. The molecular formula is C12H8Br2F3NS. The maximum absolute atomic E-state index is 12.5. The summed E-state index contributed by atoms with van der Waals surface area (Å²) in [5.41, 5.74) is -0.0319. The Hall–Kier alpha value is -0.530. The Morgan fingerprint density at radius 1 is 1.11 bits per heavy atom. The summed E-state index contributed by atoms with van der Waals surface area (Å²) < 4.78 is 38.9. The molecule has 0 bridgehead atoms. The number of nitrogens with one attached hydrogen (secondary N) is 1. The highest BCUT2D eigenvalue weighted by atomic mass is 79.9. The predicted molar refractivity (Wildman–Crippen MR) is 78.5 cm³/mol. The van der Waals surface area contributed by atoms with Crippen LogP contribution in [-0.2, 0) is 12.7 Å². The van der Waals surface area contributed by atoms with Crippen LogP contribution >= 0.6 is 43.2 Å². The van der Waals surface area contributed by atoms with Gasteiger partial charge < -0.3 is 5.32 Å². The standard InChI is InChI=1S/C12H8Br2F3NS/c13-8-3-4-19-11(8)6-18-10-2-1-7(5-9(10)14)12(15,16)17/h1-5,18H,6H2. The monoisotopic (exact) mass is 413 g/mol. The lowest BCUT2D eigenvalue weighted by atomic mass is 10.2. The Morgan fingerprint density at radius 2 is 1.84 bits per heavy atom. The number of anilines is 1. The molecule has 2 aromatic rings. The average Bonchev–Trinajstić information content (AvgIpc) is 2.72. The smallest absolute Gasteiger partial charge is 0.379 e. The summed E-state index contributed by atoms with van der Waals surface area (Å²) in [6.45, 7) is 0.558. The molecular weight excluding hydrogens is 407 g/mol. The normalized spacial score (nSPS) is 11.6. The number of rotatable bonds is 3. The number of halogens is 5. The van der Waals surface area contributed by atoms with Gasteiger partial charge in [-0.15, -0.1) is 11.3 Å². The number of hydrogen-bond donors (Lipinski definition) is 1. The summed E-state index contributed by atoms with van der Waals surface area (Å²) in [5, 5.41) is 5.05. The lowest BCUT2D eigenvalue weighted by Crippen LogP contribution is -2.06. The van der Waals surface area contributed by atoms with E-state index in [0.29, 0.717) is 16.7 Å². The van der Waals surface area contributed by atoms with Crippen molar-refractivity contribution in [3.05, 3.63) is 49.0 Å². The molecule has 0 aliphatic rings. The third-order valence-corrected chi connectivity index (χ3v) is 5.01. The minimum absolute atomic E-state index is 0.398. The van der Waals surface area contributed by atoms with E-state index in [0.717, 1.165) is 21.5 Å². The first-order chi connectivity index (χ1) is 8.88. The van der Waals surface area contributed by atoms with Crippen molar-refractivity contribution in [2.24, 2.45) is 0 Å². The topological polar surface area (TPSA) is 12.0 Å². The van der Waals surface area contributed by atoms with Crippen LogP contribution in [0.25, 0.3) is 0 Å². The fourth-order valence-electron chi connectivity index (χ4n) is 1.46. The van der Waals surface area contributed by atoms with Gasteiger partial charge in [0.15, 0.2) is 0 Å². The van der Waals surface area contributed by atoms with Crippen LogP contribution in [0.5, 0.6) is 0 Å². The van der Waals surface area contributed by atoms with Gasteiger partial charge in [0.1, 0.15) is 0 Å². The van der Waals surface area contributed by atoms with Crippen molar-refractivity contribution < 1.29 is 13.2 Å². The molecule has 0 saturated heterocycles. The average molecular weight is 415 g/mol. The maximum atomic E-state index is 12.5.